The molecule has 2 aliphatic heterocycles. The molecule has 7 heteroatoms. The Hall–Kier alpha value is -3.58. The number of nitrogens with zero attached hydrogens (tertiary/aromatic N) is 4. The van der Waals surface area contributed by atoms with Gasteiger partial charge in [0.1, 0.15) is 5.65 Å². The van der Waals surface area contributed by atoms with Crippen LogP contribution in [0.15, 0.2) is 55.0 Å². The van der Waals surface area contributed by atoms with Crippen LogP contribution < -0.4 is 9.47 Å². The molecule has 0 fully saturated rings. The zero-order valence-corrected chi connectivity index (χ0v) is 18.8. The molecular weight excluding hydrogens is 414 g/mol. The van der Waals surface area contributed by atoms with Crippen molar-refractivity contribution in [1.29, 1.82) is 0 Å². The van der Waals surface area contributed by atoms with Crippen LogP contribution in [-0.4, -0.2) is 51.0 Å². The van der Waals surface area contributed by atoms with Crippen molar-refractivity contribution in [2.75, 3.05) is 26.3 Å². The lowest BCUT2D eigenvalue weighted by molar-refractivity contribution is 0.294. The third-order valence-electron chi connectivity index (χ3n) is 6.41. The molecule has 0 bridgehead atoms. The predicted octanol–water partition coefficient (Wildman–Crippen LogP) is 4.41. The third kappa shape index (κ3) is 3.89. The predicted molar refractivity (Wildman–Crippen MR) is 128 cm³/mol. The lowest BCUT2D eigenvalue weighted by atomic mass is 9.99. The number of benzene rings is 1. The van der Waals surface area contributed by atoms with Crippen LogP contribution in [-0.2, 0) is 13.6 Å². The van der Waals surface area contributed by atoms with Crippen LogP contribution in [0, 0.1) is 0 Å². The minimum Gasteiger partial charge on any atom is -0.490 e. The maximum absolute atomic E-state index is 5.90. The maximum atomic E-state index is 5.90. The average Bonchev–Trinajstić information content (AvgIpc) is 3.34. The van der Waals surface area contributed by atoms with Gasteiger partial charge in [0.2, 0.25) is 0 Å². The second-order valence-electron chi connectivity index (χ2n) is 8.71. The largest absolute Gasteiger partial charge is 0.490 e. The third-order valence-corrected chi connectivity index (χ3v) is 6.41. The van der Waals surface area contributed by atoms with Crippen molar-refractivity contribution >= 4 is 16.6 Å². The number of pyridine rings is 1. The molecule has 0 amide bonds. The number of fused-ring (bicyclic) bond motifs is 2. The lowest BCUT2D eigenvalue weighted by Gasteiger charge is -2.26. The first-order valence-electron chi connectivity index (χ1n) is 11.5. The Kier molecular flexibility index (Phi) is 5.11. The Balaban J connectivity index is 1.22. The van der Waals surface area contributed by atoms with Gasteiger partial charge in [-0.1, -0.05) is 6.08 Å². The zero-order valence-electron chi connectivity index (χ0n) is 18.8. The summed E-state index contributed by atoms with van der Waals surface area (Å²) in [5.74, 6) is 1.62. The molecule has 7 nitrogen and oxygen atoms in total. The first-order valence-corrected chi connectivity index (χ1v) is 11.5. The molecule has 0 saturated heterocycles. The van der Waals surface area contributed by atoms with Gasteiger partial charge in [-0.25, -0.2) is 4.98 Å². The maximum Gasteiger partial charge on any atom is 0.161 e. The number of hydrogen-bond donors (Lipinski definition) is 1. The molecule has 168 valence electrons. The zero-order chi connectivity index (χ0) is 22.2. The summed E-state index contributed by atoms with van der Waals surface area (Å²) >= 11 is 0. The quantitative estimate of drug-likeness (QED) is 0.508. The van der Waals surface area contributed by atoms with Crippen molar-refractivity contribution in [3.63, 3.8) is 0 Å². The molecule has 0 atom stereocenters. The highest BCUT2D eigenvalue weighted by molar-refractivity contribution is 5.90. The van der Waals surface area contributed by atoms with E-state index in [-0.39, 0.29) is 0 Å². The number of ether oxygens (including phenoxy) is 2. The van der Waals surface area contributed by atoms with Crippen LogP contribution in [0.1, 0.15) is 24.0 Å². The van der Waals surface area contributed by atoms with E-state index in [4.69, 9.17) is 14.6 Å². The Bertz CT molecular complexity index is 1340. The lowest BCUT2D eigenvalue weighted by Crippen LogP contribution is -2.28. The monoisotopic (exact) mass is 441 g/mol. The van der Waals surface area contributed by atoms with Crippen molar-refractivity contribution in [3.8, 4) is 22.8 Å². The number of hydrogen-bond acceptors (Lipinski definition) is 5. The summed E-state index contributed by atoms with van der Waals surface area (Å²) in [4.78, 5) is 10.2. The van der Waals surface area contributed by atoms with Crippen LogP contribution in [0.4, 0.5) is 0 Å². The highest BCUT2D eigenvalue weighted by Crippen LogP contribution is 2.35. The fourth-order valence-electron chi connectivity index (χ4n) is 4.77. The molecule has 33 heavy (non-hydrogen) atoms. The molecule has 1 aromatic carbocycles. The summed E-state index contributed by atoms with van der Waals surface area (Å²) < 4.78 is 13.6. The van der Waals surface area contributed by atoms with Gasteiger partial charge in [0, 0.05) is 73.8 Å². The first kappa shape index (κ1) is 20.1. The van der Waals surface area contributed by atoms with E-state index in [0.717, 1.165) is 60.9 Å². The van der Waals surface area contributed by atoms with Crippen LogP contribution in [0.25, 0.3) is 27.9 Å². The molecule has 0 aliphatic carbocycles. The standard InChI is InChI=1S/C26H27N5O2/c1-30-16-20(25(29-30)19-5-6-23-24(14-19)33-13-3-12-32-23)17-31-10-7-18(8-11-31)22-15-28-26-21(22)4-2-9-27-26/h2,4-7,9,14-16H,3,8,10-13,17H2,1H3,(H,27,28). The van der Waals surface area contributed by atoms with Crippen LogP contribution in [0.2, 0.25) is 0 Å². The minimum absolute atomic E-state index is 0.681. The van der Waals surface area contributed by atoms with Gasteiger partial charge in [-0.15, -0.1) is 0 Å². The summed E-state index contributed by atoms with van der Waals surface area (Å²) in [6.45, 7) is 4.16. The smallest absolute Gasteiger partial charge is 0.161 e. The second kappa shape index (κ2) is 8.41. The minimum atomic E-state index is 0.681. The highest BCUT2D eigenvalue weighted by Gasteiger charge is 2.20. The molecule has 4 aromatic rings. The van der Waals surface area contributed by atoms with E-state index in [0.29, 0.717) is 13.2 Å². The Morgan fingerprint density at radius 2 is 2.03 bits per heavy atom. The van der Waals surface area contributed by atoms with Gasteiger partial charge in [0.15, 0.2) is 11.5 Å². The van der Waals surface area contributed by atoms with Crippen LogP contribution >= 0.6 is 0 Å². The van der Waals surface area contributed by atoms with E-state index >= 15 is 0 Å². The SMILES string of the molecule is Cn1cc(CN2CC=C(c3c[nH]c4ncccc34)CC2)c(-c2ccc3c(c2)OCCCO3)n1. The van der Waals surface area contributed by atoms with E-state index in [1.54, 1.807) is 0 Å². The summed E-state index contributed by atoms with van der Waals surface area (Å²) in [6, 6.07) is 10.3. The number of nitrogens with one attached hydrogen (secondary N) is 1. The number of aromatic nitrogens is 4. The number of aryl methyl sites for hydroxylation is 1. The second-order valence-corrected chi connectivity index (χ2v) is 8.71. The van der Waals surface area contributed by atoms with E-state index in [9.17, 15) is 0 Å². The van der Waals surface area contributed by atoms with Gasteiger partial charge < -0.3 is 14.5 Å². The topological polar surface area (TPSA) is 68.2 Å². The fourth-order valence-corrected chi connectivity index (χ4v) is 4.77. The molecule has 6 rings (SSSR count). The highest BCUT2D eigenvalue weighted by atomic mass is 16.5. The van der Waals surface area contributed by atoms with Crippen LogP contribution in [0.3, 0.4) is 0 Å². The molecule has 0 spiro atoms. The summed E-state index contributed by atoms with van der Waals surface area (Å²) in [5.41, 5.74) is 6.90. The fraction of sp³-hybridized carbons (Fsp3) is 0.308. The van der Waals surface area contributed by atoms with Crippen molar-refractivity contribution in [2.45, 2.75) is 19.4 Å². The van der Waals surface area contributed by atoms with Crippen molar-refractivity contribution < 1.29 is 9.47 Å². The van der Waals surface area contributed by atoms with Crippen molar-refractivity contribution in [2.24, 2.45) is 7.05 Å². The molecule has 3 aromatic heterocycles. The molecule has 1 N–H and O–H groups in total. The van der Waals surface area contributed by atoms with Gasteiger partial charge in [-0.05, 0) is 42.3 Å². The molecular formula is C26H27N5O2. The van der Waals surface area contributed by atoms with Gasteiger partial charge in [0.05, 0.1) is 18.9 Å². The Labute approximate surface area is 192 Å². The van der Waals surface area contributed by atoms with Gasteiger partial charge in [-0.2, -0.15) is 5.10 Å². The summed E-state index contributed by atoms with van der Waals surface area (Å²) in [7, 11) is 1.98. The molecule has 0 unspecified atom stereocenters. The number of rotatable bonds is 4. The van der Waals surface area contributed by atoms with Crippen LogP contribution in [0.5, 0.6) is 11.5 Å². The van der Waals surface area contributed by atoms with E-state index in [1.165, 1.54) is 22.1 Å². The Morgan fingerprint density at radius 3 is 2.91 bits per heavy atom. The van der Waals surface area contributed by atoms with Crippen molar-refractivity contribution in [1.82, 2.24) is 24.6 Å². The van der Waals surface area contributed by atoms with Gasteiger partial charge in [-0.3, -0.25) is 9.58 Å². The van der Waals surface area contributed by atoms with Crippen molar-refractivity contribution in [3.05, 3.63) is 66.1 Å². The van der Waals surface area contributed by atoms with E-state index in [1.807, 2.05) is 30.1 Å². The Morgan fingerprint density at radius 1 is 1.12 bits per heavy atom. The van der Waals surface area contributed by atoms with Gasteiger partial charge in [0.25, 0.3) is 0 Å². The first-order chi connectivity index (χ1) is 16.2. The summed E-state index contributed by atoms with van der Waals surface area (Å²) in [5, 5.41) is 5.97. The number of H-pyrrole nitrogens is 1. The van der Waals surface area contributed by atoms with Gasteiger partial charge >= 0.3 is 0 Å². The van der Waals surface area contributed by atoms with E-state index in [2.05, 4.69) is 51.5 Å². The molecule has 0 saturated carbocycles. The average molecular weight is 442 g/mol. The molecule has 5 heterocycles. The number of aromatic amines is 1. The normalized spacial score (nSPS) is 16.6. The molecule has 2 aliphatic rings. The molecule has 0 radical (unpaired) electrons. The van der Waals surface area contributed by atoms with E-state index < -0.39 is 0 Å². The summed E-state index contributed by atoms with van der Waals surface area (Å²) in [6.07, 6.45) is 10.3.